The summed E-state index contributed by atoms with van der Waals surface area (Å²) in [5.74, 6) is -0.880. The second kappa shape index (κ2) is 7.34. The van der Waals surface area contributed by atoms with E-state index >= 15 is 0 Å². The van der Waals surface area contributed by atoms with Gasteiger partial charge >= 0.3 is 5.97 Å². The van der Waals surface area contributed by atoms with E-state index in [0.29, 0.717) is 22.1 Å². The average Bonchev–Trinajstić information content (AvgIpc) is 3.11. The molecule has 0 saturated heterocycles. The van der Waals surface area contributed by atoms with Crippen LogP contribution in [0.25, 0.3) is 11.0 Å². The van der Waals surface area contributed by atoms with Crippen molar-refractivity contribution in [1.82, 2.24) is 19.4 Å². The third-order valence-corrected chi connectivity index (χ3v) is 4.98. The molecule has 9 nitrogen and oxygen atoms in total. The first-order chi connectivity index (χ1) is 13.3. The second-order valence-corrected chi connectivity index (χ2v) is 6.78. The van der Waals surface area contributed by atoms with E-state index < -0.39 is 11.5 Å². The zero-order valence-corrected chi connectivity index (χ0v) is 16.4. The van der Waals surface area contributed by atoms with Crippen LogP contribution in [0.3, 0.4) is 0 Å². The van der Waals surface area contributed by atoms with Crippen LogP contribution in [0, 0.1) is 0 Å². The summed E-state index contributed by atoms with van der Waals surface area (Å²) >= 11 is 0. The highest BCUT2D eigenvalue weighted by Crippen LogP contribution is 2.28. The number of anilines is 1. The highest BCUT2D eigenvalue weighted by atomic mass is 16.4. The van der Waals surface area contributed by atoms with Crippen molar-refractivity contribution in [3.05, 3.63) is 47.6 Å². The Balaban J connectivity index is 2.39. The second-order valence-electron chi connectivity index (χ2n) is 6.78. The van der Waals surface area contributed by atoms with Crippen LogP contribution in [0.5, 0.6) is 0 Å². The zero-order valence-electron chi connectivity index (χ0n) is 16.4. The van der Waals surface area contributed by atoms with Crippen LogP contribution >= 0.6 is 0 Å². The minimum absolute atomic E-state index is 0.0490. The normalized spacial score (nSPS) is 15.4. The molecular weight excluding hydrogens is 358 g/mol. The number of aromatic nitrogens is 4. The van der Waals surface area contributed by atoms with E-state index in [0.717, 1.165) is 6.42 Å². The Morgan fingerprint density at radius 3 is 2.64 bits per heavy atom. The number of hydrogen-bond acceptors (Lipinski definition) is 6. The van der Waals surface area contributed by atoms with Crippen LogP contribution in [-0.4, -0.2) is 43.6 Å². The minimum Gasteiger partial charge on any atom is -0.479 e. The Kier molecular flexibility index (Phi) is 5.08. The molecule has 0 saturated carbocycles. The fraction of sp³-hybridized carbons (Fsp3) is 0.368. The number of rotatable bonds is 6. The number of aliphatic carboxylic acids is 1. The molecule has 9 heteroatoms. The molecule has 3 rings (SSSR count). The molecule has 2 atom stereocenters. The summed E-state index contributed by atoms with van der Waals surface area (Å²) < 4.78 is 2.97. The summed E-state index contributed by atoms with van der Waals surface area (Å²) in [6.45, 7) is 5.64. The number of nitrogens with zero attached hydrogens (tertiary/aromatic N) is 5. The first-order valence-corrected chi connectivity index (χ1v) is 9.11. The Morgan fingerprint density at radius 1 is 1.39 bits per heavy atom. The number of hydrogen-bond donors (Lipinski definition) is 3. The van der Waals surface area contributed by atoms with Gasteiger partial charge in [-0.15, -0.1) is 0 Å². The third-order valence-electron chi connectivity index (χ3n) is 4.98. The van der Waals surface area contributed by atoms with Crippen LogP contribution in [0.2, 0.25) is 0 Å². The largest absolute Gasteiger partial charge is 0.479 e. The summed E-state index contributed by atoms with van der Waals surface area (Å²) in [4.78, 5) is 21.5. The van der Waals surface area contributed by atoms with Crippen LogP contribution in [0.1, 0.15) is 32.8 Å². The molecule has 0 spiro atoms. The van der Waals surface area contributed by atoms with E-state index in [2.05, 4.69) is 15.5 Å². The van der Waals surface area contributed by atoms with Crippen molar-refractivity contribution in [2.45, 2.75) is 38.8 Å². The maximum absolute atomic E-state index is 12.3. The van der Waals surface area contributed by atoms with Gasteiger partial charge in [0, 0.05) is 13.1 Å². The molecule has 4 N–H and O–H groups in total. The van der Waals surface area contributed by atoms with E-state index in [1.807, 2.05) is 19.9 Å². The Labute approximate surface area is 162 Å². The molecule has 0 radical (unpaired) electrons. The van der Waals surface area contributed by atoms with Crippen molar-refractivity contribution in [3.8, 4) is 0 Å². The van der Waals surface area contributed by atoms with Gasteiger partial charge in [-0.3, -0.25) is 4.99 Å². The van der Waals surface area contributed by atoms with Crippen molar-refractivity contribution in [2.75, 3.05) is 18.2 Å². The molecule has 1 unspecified atom stereocenters. The Hall–Kier alpha value is -3.36. The number of nitrogens with two attached hydrogens (primary N) is 1. The highest BCUT2D eigenvalue weighted by molar-refractivity contribution is 5.84. The van der Waals surface area contributed by atoms with E-state index in [1.165, 1.54) is 4.68 Å². The number of fused-ring (bicyclic) bond motifs is 1. The van der Waals surface area contributed by atoms with E-state index in [1.54, 1.807) is 49.1 Å². The molecule has 1 aromatic carbocycles. The smallest absolute Gasteiger partial charge is 0.336 e. The fourth-order valence-corrected chi connectivity index (χ4v) is 3.07. The fourth-order valence-electron chi connectivity index (χ4n) is 3.07. The molecule has 2 heterocycles. The molecule has 0 aliphatic rings. The summed E-state index contributed by atoms with van der Waals surface area (Å²) in [5.41, 5.74) is 9.16. The van der Waals surface area contributed by atoms with Crippen LogP contribution < -0.4 is 16.6 Å². The van der Waals surface area contributed by atoms with E-state index in [-0.39, 0.29) is 12.0 Å². The van der Waals surface area contributed by atoms with Crippen molar-refractivity contribution in [1.29, 1.82) is 0 Å². The maximum atomic E-state index is 12.3. The lowest BCUT2D eigenvalue weighted by molar-refractivity contribution is -0.144. The molecule has 0 aliphatic heterocycles. The van der Waals surface area contributed by atoms with E-state index in [9.17, 15) is 9.90 Å². The van der Waals surface area contributed by atoms with Gasteiger partial charge in [-0.1, -0.05) is 37.3 Å². The lowest BCUT2D eigenvalue weighted by Crippen LogP contribution is -2.41. The number of carboxylic acids is 1. The summed E-state index contributed by atoms with van der Waals surface area (Å²) in [6.07, 6.45) is 2.43. The van der Waals surface area contributed by atoms with Gasteiger partial charge in [0.1, 0.15) is 0 Å². The topological polar surface area (TPSA) is 123 Å². The van der Waals surface area contributed by atoms with Crippen molar-refractivity contribution < 1.29 is 9.90 Å². The zero-order chi connectivity index (χ0) is 20.5. The third kappa shape index (κ3) is 2.98. The van der Waals surface area contributed by atoms with Crippen LogP contribution in [0.15, 0.2) is 41.5 Å². The van der Waals surface area contributed by atoms with Crippen molar-refractivity contribution >= 4 is 23.0 Å². The number of carbonyl (C=O) groups is 1. The predicted molar refractivity (Wildman–Crippen MR) is 107 cm³/mol. The quantitative estimate of drug-likeness (QED) is 0.593. The lowest BCUT2D eigenvalue weighted by atomic mass is 9.92. The molecule has 0 fully saturated rings. The highest BCUT2D eigenvalue weighted by Gasteiger charge is 2.40. The summed E-state index contributed by atoms with van der Waals surface area (Å²) in [5, 5.41) is 15.1. The van der Waals surface area contributed by atoms with Gasteiger partial charge in [0.2, 0.25) is 5.95 Å². The van der Waals surface area contributed by atoms with Gasteiger partial charge in [0.05, 0.1) is 11.6 Å². The number of benzene rings is 1. The Bertz CT molecular complexity index is 1070. The molecule has 3 aromatic rings. The molecule has 2 aromatic heterocycles. The van der Waals surface area contributed by atoms with Gasteiger partial charge in [-0.05, 0) is 25.8 Å². The molecular formula is C19H25N7O2. The molecule has 28 heavy (non-hydrogen) atoms. The average molecular weight is 383 g/mol. The van der Waals surface area contributed by atoms with Crippen molar-refractivity contribution in [2.24, 2.45) is 4.99 Å². The molecule has 0 aliphatic carbocycles. The van der Waals surface area contributed by atoms with Gasteiger partial charge in [-0.25, -0.2) is 14.2 Å². The number of carboxylic acid groups (broad SMARTS) is 1. The van der Waals surface area contributed by atoms with Crippen LogP contribution in [0.4, 0.5) is 5.95 Å². The lowest BCUT2D eigenvalue weighted by Gasteiger charge is -2.26. The van der Waals surface area contributed by atoms with Crippen molar-refractivity contribution in [3.63, 3.8) is 0 Å². The number of nitrogen functional groups attached to an aromatic ring is 1. The van der Waals surface area contributed by atoms with E-state index in [4.69, 9.17) is 10.7 Å². The first kappa shape index (κ1) is 19.4. The maximum Gasteiger partial charge on any atom is 0.336 e. The SMILES string of the molecule is CC[C@H](C)N=c1c2cnn(C(C)(C(=O)O)c3ccccc3)c2nc(N)n1NC. The van der Waals surface area contributed by atoms with Gasteiger partial charge in [-0.2, -0.15) is 10.1 Å². The van der Waals surface area contributed by atoms with Crippen LogP contribution in [-0.2, 0) is 10.3 Å². The minimum atomic E-state index is -1.46. The summed E-state index contributed by atoms with van der Waals surface area (Å²) in [7, 11) is 1.72. The van der Waals surface area contributed by atoms with Gasteiger partial charge in [0.15, 0.2) is 16.7 Å². The standard InChI is InChI=1S/C19H25N7O2/c1-5-12(2)23-15-14-11-22-26(16(14)24-18(20)25(15)21-4)19(3,17(27)28)13-9-7-6-8-10-13/h6-12,21H,5H2,1-4H3,(H2,20,24)(H,27,28)/t12-,19?/m0/s1. The molecule has 0 amide bonds. The molecule has 0 bridgehead atoms. The summed E-state index contributed by atoms with van der Waals surface area (Å²) in [6, 6.07) is 8.99. The Morgan fingerprint density at radius 2 is 2.07 bits per heavy atom. The monoisotopic (exact) mass is 383 g/mol. The number of nitrogens with one attached hydrogen (secondary N) is 1. The predicted octanol–water partition coefficient (Wildman–Crippen LogP) is 1.54. The van der Waals surface area contributed by atoms with Gasteiger partial charge < -0.3 is 16.3 Å². The van der Waals surface area contributed by atoms with Gasteiger partial charge in [0.25, 0.3) is 0 Å². The molecule has 148 valence electrons. The first-order valence-electron chi connectivity index (χ1n) is 9.11.